The summed E-state index contributed by atoms with van der Waals surface area (Å²) in [7, 11) is 3.40. The zero-order valence-corrected chi connectivity index (χ0v) is 16.8. The van der Waals surface area contributed by atoms with Crippen molar-refractivity contribution in [2.24, 2.45) is 7.05 Å². The maximum absolute atomic E-state index is 12.5. The number of anilines is 1. The third kappa shape index (κ3) is 3.96. The smallest absolute Gasteiger partial charge is 0.272 e. The molecule has 2 heterocycles. The minimum absolute atomic E-state index is 0.157. The molecule has 2 aromatic carbocycles. The number of fused-ring (bicyclic) bond motifs is 1. The van der Waals surface area contributed by atoms with Crippen LogP contribution in [-0.2, 0) is 19.9 Å². The molecule has 0 fully saturated rings. The lowest BCUT2D eigenvalue weighted by molar-refractivity contribution is 0.102. The highest BCUT2D eigenvalue weighted by Crippen LogP contribution is 2.21. The van der Waals surface area contributed by atoms with Crippen molar-refractivity contribution >= 4 is 22.6 Å². The standard InChI is InChI=1S/C23H22N4O3/c1-27-19-10-9-16(25-23(29)18-13-20(28)21(30-2)14-24-18)12-17(19)26-22(27)11-8-15-6-4-3-5-7-15/h3-7,9-10,12-14H,8,11H2,1-2H3,(H,24,28)(H,25,29). The molecule has 7 nitrogen and oxygen atoms in total. The Morgan fingerprint density at radius 2 is 1.93 bits per heavy atom. The van der Waals surface area contributed by atoms with E-state index in [1.54, 1.807) is 0 Å². The van der Waals surface area contributed by atoms with Gasteiger partial charge in [0, 0.05) is 31.4 Å². The number of nitrogens with one attached hydrogen (secondary N) is 2. The molecule has 2 N–H and O–H groups in total. The third-order valence-corrected chi connectivity index (χ3v) is 5.05. The summed E-state index contributed by atoms with van der Waals surface area (Å²) in [5, 5.41) is 2.80. The average molecular weight is 402 g/mol. The second-order valence-corrected chi connectivity index (χ2v) is 7.01. The van der Waals surface area contributed by atoms with Gasteiger partial charge in [-0.1, -0.05) is 30.3 Å². The molecule has 0 spiro atoms. The van der Waals surface area contributed by atoms with Gasteiger partial charge < -0.3 is 19.6 Å². The molecule has 0 saturated carbocycles. The molecule has 0 bridgehead atoms. The number of aromatic nitrogens is 3. The number of nitrogens with zero attached hydrogens (tertiary/aromatic N) is 2. The number of aromatic amines is 1. The highest BCUT2D eigenvalue weighted by Gasteiger charge is 2.12. The van der Waals surface area contributed by atoms with Crippen molar-refractivity contribution in [3.8, 4) is 5.75 Å². The number of hydrogen-bond donors (Lipinski definition) is 2. The van der Waals surface area contributed by atoms with Gasteiger partial charge in [-0.15, -0.1) is 0 Å². The van der Waals surface area contributed by atoms with E-state index in [4.69, 9.17) is 9.72 Å². The molecule has 2 aromatic heterocycles. The van der Waals surface area contributed by atoms with Crippen LogP contribution in [-0.4, -0.2) is 27.6 Å². The fraction of sp³-hybridized carbons (Fsp3) is 0.174. The summed E-state index contributed by atoms with van der Waals surface area (Å²) < 4.78 is 7.00. The number of carbonyl (C=O) groups excluding carboxylic acids is 1. The van der Waals surface area contributed by atoms with Crippen molar-refractivity contribution in [2.45, 2.75) is 12.8 Å². The molecule has 0 aliphatic heterocycles. The normalized spacial score (nSPS) is 10.9. The number of benzene rings is 2. The maximum Gasteiger partial charge on any atom is 0.272 e. The van der Waals surface area contributed by atoms with E-state index in [-0.39, 0.29) is 16.9 Å². The summed E-state index contributed by atoms with van der Waals surface area (Å²) in [6.45, 7) is 0. The van der Waals surface area contributed by atoms with Gasteiger partial charge >= 0.3 is 0 Å². The van der Waals surface area contributed by atoms with E-state index in [1.165, 1.54) is 24.9 Å². The van der Waals surface area contributed by atoms with Crippen LogP contribution in [0.5, 0.6) is 5.75 Å². The van der Waals surface area contributed by atoms with Crippen molar-refractivity contribution in [3.63, 3.8) is 0 Å². The lowest BCUT2D eigenvalue weighted by Gasteiger charge is -2.06. The van der Waals surface area contributed by atoms with Gasteiger partial charge in [0.05, 0.1) is 18.1 Å². The van der Waals surface area contributed by atoms with E-state index in [2.05, 4.69) is 27.0 Å². The Balaban J connectivity index is 1.52. The van der Waals surface area contributed by atoms with E-state index in [1.807, 2.05) is 43.4 Å². The molecule has 0 radical (unpaired) electrons. The zero-order valence-electron chi connectivity index (χ0n) is 16.8. The summed E-state index contributed by atoms with van der Waals surface area (Å²) in [6, 6.07) is 17.1. The minimum atomic E-state index is -0.408. The van der Waals surface area contributed by atoms with Crippen LogP contribution in [0, 0.1) is 0 Å². The number of amides is 1. The van der Waals surface area contributed by atoms with Crippen LogP contribution in [0.3, 0.4) is 0 Å². The van der Waals surface area contributed by atoms with Gasteiger partial charge in [-0.25, -0.2) is 4.98 Å². The lowest BCUT2D eigenvalue weighted by Crippen LogP contribution is -2.17. The molecule has 152 valence electrons. The number of methoxy groups -OCH3 is 1. The third-order valence-electron chi connectivity index (χ3n) is 5.05. The van der Waals surface area contributed by atoms with Gasteiger partial charge in [-0.05, 0) is 30.2 Å². The molecule has 4 rings (SSSR count). The van der Waals surface area contributed by atoms with Crippen molar-refractivity contribution < 1.29 is 9.53 Å². The molecule has 0 saturated heterocycles. The Kier molecular flexibility index (Phi) is 5.34. The predicted octanol–water partition coefficient (Wildman–Crippen LogP) is 3.31. The number of H-pyrrole nitrogens is 1. The fourth-order valence-corrected chi connectivity index (χ4v) is 3.40. The number of rotatable bonds is 6. The molecule has 0 aliphatic carbocycles. The maximum atomic E-state index is 12.5. The van der Waals surface area contributed by atoms with Crippen LogP contribution >= 0.6 is 0 Å². The first-order chi connectivity index (χ1) is 14.5. The molecular weight excluding hydrogens is 380 g/mol. The molecule has 0 aliphatic rings. The van der Waals surface area contributed by atoms with Crippen molar-refractivity contribution in [1.82, 2.24) is 14.5 Å². The van der Waals surface area contributed by atoms with Crippen LogP contribution in [0.4, 0.5) is 5.69 Å². The quantitative estimate of drug-likeness (QED) is 0.518. The van der Waals surface area contributed by atoms with E-state index in [0.29, 0.717) is 5.69 Å². The Morgan fingerprint density at radius 1 is 1.13 bits per heavy atom. The largest absolute Gasteiger partial charge is 0.491 e. The molecular formula is C23H22N4O3. The first kappa shape index (κ1) is 19.4. The van der Waals surface area contributed by atoms with Crippen LogP contribution in [0.15, 0.2) is 65.6 Å². The van der Waals surface area contributed by atoms with Crippen LogP contribution < -0.4 is 15.5 Å². The first-order valence-electron chi connectivity index (χ1n) is 9.62. The minimum Gasteiger partial charge on any atom is -0.491 e. The van der Waals surface area contributed by atoms with E-state index >= 15 is 0 Å². The number of hydrogen-bond acceptors (Lipinski definition) is 4. The number of aryl methyl sites for hydroxylation is 3. The SMILES string of the molecule is COc1c[nH]c(C(=O)Nc2ccc3c(c2)nc(CCc2ccccc2)n3C)cc1=O. The number of imidazole rings is 1. The van der Waals surface area contributed by atoms with E-state index in [0.717, 1.165) is 29.7 Å². The van der Waals surface area contributed by atoms with Crippen LogP contribution in [0.1, 0.15) is 21.9 Å². The molecule has 30 heavy (non-hydrogen) atoms. The van der Waals surface area contributed by atoms with Gasteiger partial charge in [0.1, 0.15) is 11.5 Å². The summed E-state index contributed by atoms with van der Waals surface area (Å²) in [5.74, 6) is 0.732. The highest BCUT2D eigenvalue weighted by molar-refractivity contribution is 6.03. The lowest BCUT2D eigenvalue weighted by atomic mass is 10.1. The first-order valence-corrected chi connectivity index (χ1v) is 9.62. The van der Waals surface area contributed by atoms with Gasteiger partial charge in [0.2, 0.25) is 5.43 Å². The highest BCUT2D eigenvalue weighted by atomic mass is 16.5. The summed E-state index contributed by atoms with van der Waals surface area (Å²) in [5.41, 5.74) is 3.48. The number of carbonyl (C=O) groups is 1. The van der Waals surface area contributed by atoms with E-state index < -0.39 is 5.91 Å². The monoisotopic (exact) mass is 402 g/mol. The van der Waals surface area contributed by atoms with E-state index in [9.17, 15) is 9.59 Å². The number of pyridine rings is 1. The number of ether oxygens (including phenoxy) is 1. The summed E-state index contributed by atoms with van der Waals surface area (Å²) >= 11 is 0. The Labute approximate surface area is 173 Å². The molecule has 7 heteroatoms. The second-order valence-electron chi connectivity index (χ2n) is 7.01. The van der Waals surface area contributed by atoms with Crippen LogP contribution in [0.25, 0.3) is 11.0 Å². The Morgan fingerprint density at radius 3 is 2.67 bits per heavy atom. The topological polar surface area (TPSA) is 89.0 Å². The zero-order chi connectivity index (χ0) is 21.1. The molecule has 1 amide bonds. The van der Waals surface area contributed by atoms with Gasteiger partial charge in [-0.3, -0.25) is 9.59 Å². The van der Waals surface area contributed by atoms with Gasteiger partial charge in [-0.2, -0.15) is 0 Å². The van der Waals surface area contributed by atoms with Gasteiger partial charge in [0.25, 0.3) is 5.91 Å². The van der Waals surface area contributed by atoms with Crippen molar-refractivity contribution in [2.75, 3.05) is 12.4 Å². The molecule has 0 atom stereocenters. The van der Waals surface area contributed by atoms with Gasteiger partial charge in [0.15, 0.2) is 5.75 Å². The fourth-order valence-electron chi connectivity index (χ4n) is 3.40. The Hall–Kier alpha value is -3.87. The van der Waals surface area contributed by atoms with Crippen molar-refractivity contribution in [1.29, 1.82) is 0 Å². The predicted molar refractivity (Wildman–Crippen MR) is 116 cm³/mol. The van der Waals surface area contributed by atoms with Crippen molar-refractivity contribution in [3.05, 3.63) is 88.1 Å². The average Bonchev–Trinajstić information content (AvgIpc) is 3.07. The summed E-state index contributed by atoms with van der Waals surface area (Å²) in [4.78, 5) is 31.9. The summed E-state index contributed by atoms with van der Waals surface area (Å²) in [6.07, 6.45) is 3.11. The molecule has 4 aromatic rings. The van der Waals surface area contributed by atoms with Crippen LogP contribution in [0.2, 0.25) is 0 Å². The Bertz CT molecular complexity index is 1260. The molecule has 0 unspecified atom stereocenters. The second kappa shape index (κ2) is 8.24.